The number of carbonyl (C=O) groups is 1. The number of aliphatic carboxylic acids is 1. The highest BCUT2D eigenvalue weighted by Gasteiger charge is 2.20. The van der Waals surface area contributed by atoms with Gasteiger partial charge in [-0.05, 0) is 55.2 Å². The van der Waals surface area contributed by atoms with Crippen LogP contribution in [0.5, 0.6) is 5.75 Å². The summed E-state index contributed by atoms with van der Waals surface area (Å²) < 4.78 is 5.63. The lowest BCUT2D eigenvalue weighted by atomic mass is 10.0. The number of ether oxygens (including phenoxy) is 1. The maximum absolute atomic E-state index is 11.4. The molecule has 21 heavy (non-hydrogen) atoms. The zero-order valence-electron chi connectivity index (χ0n) is 12.6. The van der Waals surface area contributed by atoms with Crippen molar-refractivity contribution < 1.29 is 14.6 Å². The molecule has 0 radical (unpaired) electrons. The third-order valence-electron chi connectivity index (χ3n) is 3.54. The predicted octanol–water partition coefficient (Wildman–Crippen LogP) is 3.69. The summed E-state index contributed by atoms with van der Waals surface area (Å²) in [4.78, 5) is 11.4. The molecule has 1 N–H and O–H groups in total. The molecule has 0 aliphatic carbocycles. The van der Waals surface area contributed by atoms with E-state index in [4.69, 9.17) is 4.74 Å². The molecule has 0 saturated heterocycles. The summed E-state index contributed by atoms with van der Waals surface area (Å²) >= 11 is 0. The lowest BCUT2D eigenvalue weighted by Crippen LogP contribution is -2.29. The van der Waals surface area contributed by atoms with Gasteiger partial charge in [-0.15, -0.1) is 0 Å². The second-order valence-electron chi connectivity index (χ2n) is 5.38. The first kappa shape index (κ1) is 15.1. The summed E-state index contributed by atoms with van der Waals surface area (Å²) in [6.45, 7) is 6.01. The summed E-state index contributed by atoms with van der Waals surface area (Å²) in [5.41, 5.74) is 4.37. The fraction of sp³-hybridized carbons (Fsp3) is 0.278. The van der Waals surface area contributed by atoms with E-state index in [2.05, 4.69) is 0 Å². The Hall–Kier alpha value is -2.29. The molecule has 2 aromatic rings. The lowest BCUT2D eigenvalue weighted by molar-refractivity contribution is -0.145. The van der Waals surface area contributed by atoms with Crippen LogP contribution in [0, 0.1) is 20.8 Å². The van der Waals surface area contributed by atoms with Crippen molar-refractivity contribution in [3.63, 3.8) is 0 Å². The van der Waals surface area contributed by atoms with Crippen molar-refractivity contribution in [3.05, 3.63) is 64.7 Å². The minimum Gasteiger partial charge on any atom is -0.478 e. The standard InChI is InChI=1S/C18H20O3/c1-12-5-4-6-16(9-12)21-17(18(19)20)11-15-8-7-13(2)14(3)10-15/h4-10,17H,11H2,1-3H3,(H,19,20)/t17-/m1/s1. The number of rotatable bonds is 5. The summed E-state index contributed by atoms with van der Waals surface area (Å²) in [6.07, 6.45) is -0.529. The van der Waals surface area contributed by atoms with Gasteiger partial charge in [-0.2, -0.15) is 0 Å². The molecule has 0 aliphatic heterocycles. The number of aryl methyl sites for hydroxylation is 3. The van der Waals surface area contributed by atoms with E-state index in [-0.39, 0.29) is 0 Å². The highest BCUT2D eigenvalue weighted by Crippen LogP contribution is 2.18. The van der Waals surface area contributed by atoms with Crippen LogP contribution < -0.4 is 4.74 Å². The van der Waals surface area contributed by atoms with Crippen LogP contribution in [0.25, 0.3) is 0 Å². The monoisotopic (exact) mass is 284 g/mol. The molecule has 0 aromatic heterocycles. The van der Waals surface area contributed by atoms with Crippen molar-refractivity contribution in [1.82, 2.24) is 0 Å². The Morgan fingerprint density at radius 2 is 1.86 bits per heavy atom. The van der Waals surface area contributed by atoms with Gasteiger partial charge in [-0.25, -0.2) is 4.79 Å². The Morgan fingerprint density at radius 1 is 1.10 bits per heavy atom. The van der Waals surface area contributed by atoms with Gasteiger partial charge in [0.25, 0.3) is 0 Å². The Morgan fingerprint density at radius 3 is 2.48 bits per heavy atom. The van der Waals surface area contributed by atoms with E-state index < -0.39 is 12.1 Å². The van der Waals surface area contributed by atoms with E-state index in [1.165, 1.54) is 5.56 Å². The fourth-order valence-electron chi connectivity index (χ4n) is 2.18. The number of carboxylic acid groups (broad SMARTS) is 1. The Kier molecular flexibility index (Phi) is 4.63. The summed E-state index contributed by atoms with van der Waals surface area (Å²) in [5.74, 6) is -0.360. The molecule has 0 amide bonds. The number of hydrogen-bond acceptors (Lipinski definition) is 2. The topological polar surface area (TPSA) is 46.5 Å². The quantitative estimate of drug-likeness (QED) is 0.911. The van der Waals surface area contributed by atoms with Crippen LogP contribution in [0.1, 0.15) is 22.3 Å². The average Bonchev–Trinajstić information content (AvgIpc) is 2.42. The van der Waals surface area contributed by atoms with E-state index in [0.29, 0.717) is 12.2 Å². The van der Waals surface area contributed by atoms with Gasteiger partial charge in [0.1, 0.15) is 5.75 Å². The molecule has 0 unspecified atom stereocenters. The zero-order valence-corrected chi connectivity index (χ0v) is 12.6. The van der Waals surface area contributed by atoms with Crippen molar-refractivity contribution in [3.8, 4) is 5.75 Å². The summed E-state index contributed by atoms with van der Waals surface area (Å²) in [5, 5.41) is 9.36. The Balaban J connectivity index is 2.15. The molecule has 0 aliphatic rings. The summed E-state index contributed by atoms with van der Waals surface area (Å²) in [6, 6.07) is 13.4. The van der Waals surface area contributed by atoms with Crippen LogP contribution >= 0.6 is 0 Å². The third kappa shape index (κ3) is 4.09. The van der Waals surface area contributed by atoms with Crippen LogP contribution in [0.3, 0.4) is 0 Å². The van der Waals surface area contributed by atoms with Gasteiger partial charge in [0.15, 0.2) is 6.10 Å². The number of carboxylic acids is 1. The smallest absolute Gasteiger partial charge is 0.345 e. The van der Waals surface area contributed by atoms with E-state index in [1.54, 1.807) is 6.07 Å². The molecule has 0 fully saturated rings. The van der Waals surface area contributed by atoms with Gasteiger partial charge < -0.3 is 9.84 Å². The molecular formula is C18H20O3. The van der Waals surface area contributed by atoms with Crippen molar-refractivity contribution in [2.75, 3.05) is 0 Å². The van der Waals surface area contributed by atoms with Gasteiger partial charge >= 0.3 is 5.97 Å². The molecule has 0 heterocycles. The Bertz CT molecular complexity index is 647. The SMILES string of the molecule is Cc1cccc(O[C@H](Cc2ccc(C)c(C)c2)C(=O)O)c1. The lowest BCUT2D eigenvalue weighted by Gasteiger charge is -2.16. The minimum absolute atomic E-state index is 0.352. The normalized spacial score (nSPS) is 12.0. The van der Waals surface area contributed by atoms with E-state index in [9.17, 15) is 9.90 Å². The first-order valence-corrected chi connectivity index (χ1v) is 6.98. The molecule has 0 saturated carbocycles. The maximum atomic E-state index is 11.4. The van der Waals surface area contributed by atoms with Crippen LogP contribution in [0.15, 0.2) is 42.5 Å². The van der Waals surface area contributed by atoms with Gasteiger partial charge in [0.05, 0.1) is 0 Å². The number of benzene rings is 2. The second-order valence-corrected chi connectivity index (χ2v) is 5.38. The molecule has 3 heteroatoms. The largest absolute Gasteiger partial charge is 0.478 e. The van der Waals surface area contributed by atoms with Crippen LogP contribution in [-0.2, 0) is 11.2 Å². The van der Waals surface area contributed by atoms with E-state index in [0.717, 1.165) is 16.7 Å². The third-order valence-corrected chi connectivity index (χ3v) is 3.54. The number of hydrogen-bond donors (Lipinski definition) is 1. The predicted molar refractivity (Wildman–Crippen MR) is 82.9 cm³/mol. The van der Waals surface area contributed by atoms with Crippen LogP contribution in [-0.4, -0.2) is 17.2 Å². The zero-order chi connectivity index (χ0) is 15.4. The summed E-state index contributed by atoms with van der Waals surface area (Å²) in [7, 11) is 0. The van der Waals surface area contributed by atoms with Gasteiger partial charge in [-0.1, -0.05) is 30.3 Å². The van der Waals surface area contributed by atoms with Crippen molar-refractivity contribution in [2.45, 2.75) is 33.3 Å². The molecule has 2 rings (SSSR count). The fourth-order valence-corrected chi connectivity index (χ4v) is 2.18. The van der Waals surface area contributed by atoms with Gasteiger partial charge in [0.2, 0.25) is 0 Å². The first-order chi connectivity index (χ1) is 9.95. The van der Waals surface area contributed by atoms with Crippen molar-refractivity contribution >= 4 is 5.97 Å². The highest BCUT2D eigenvalue weighted by atomic mass is 16.5. The van der Waals surface area contributed by atoms with Crippen LogP contribution in [0.4, 0.5) is 0 Å². The molecular weight excluding hydrogens is 264 g/mol. The first-order valence-electron chi connectivity index (χ1n) is 6.98. The molecule has 110 valence electrons. The molecule has 0 bridgehead atoms. The minimum atomic E-state index is -0.949. The van der Waals surface area contributed by atoms with Crippen LogP contribution in [0.2, 0.25) is 0 Å². The van der Waals surface area contributed by atoms with Crippen molar-refractivity contribution in [2.24, 2.45) is 0 Å². The van der Waals surface area contributed by atoms with E-state index >= 15 is 0 Å². The molecule has 1 atom stereocenters. The molecule has 2 aromatic carbocycles. The molecule has 3 nitrogen and oxygen atoms in total. The second kappa shape index (κ2) is 6.44. The van der Waals surface area contributed by atoms with Gasteiger partial charge in [0, 0.05) is 6.42 Å². The Labute approximate surface area is 125 Å². The highest BCUT2D eigenvalue weighted by molar-refractivity contribution is 5.73. The van der Waals surface area contributed by atoms with Gasteiger partial charge in [-0.3, -0.25) is 0 Å². The van der Waals surface area contributed by atoms with E-state index in [1.807, 2.05) is 57.2 Å². The maximum Gasteiger partial charge on any atom is 0.345 e. The van der Waals surface area contributed by atoms with Crippen molar-refractivity contribution in [1.29, 1.82) is 0 Å². The average molecular weight is 284 g/mol. The molecule has 0 spiro atoms.